The van der Waals surface area contributed by atoms with Gasteiger partial charge in [-0.15, -0.1) is 0 Å². The fourth-order valence-corrected chi connectivity index (χ4v) is 1.54. The first-order valence-electron chi connectivity index (χ1n) is 5.12. The van der Waals surface area contributed by atoms with Crippen LogP contribution in [-0.4, -0.2) is 6.61 Å². The van der Waals surface area contributed by atoms with Crippen LogP contribution in [0.4, 0.5) is 5.69 Å². The van der Waals surface area contributed by atoms with Crippen molar-refractivity contribution in [2.24, 2.45) is 5.92 Å². The van der Waals surface area contributed by atoms with Gasteiger partial charge in [0.05, 0.1) is 6.10 Å². The van der Waals surface area contributed by atoms with Crippen LogP contribution in [0.15, 0.2) is 24.3 Å². The van der Waals surface area contributed by atoms with Crippen LogP contribution in [-0.2, 0) is 4.74 Å². The van der Waals surface area contributed by atoms with E-state index in [4.69, 9.17) is 10.5 Å². The van der Waals surface area contributed by atoms with E-state index in [1.54, 1.807) is 0 Å². The predicted molar refractivity (Wildman–Crippen MR) is 60.1 cm³/mol. The van der Waals surface area contributed by atoms with Gasteiger partial charge in [0.2, 0.25) is 0 Å². The summed E-state index contributed by atoms with van der Waals surface area (Å²) in [5.41, 5.74) is 7.64. The minimum Gasteiger partial charge on any atom is -0.399 e. The summed E-state index contributed by atoms with van der Waals surface area (Å²) in [4.78, 5) is 0. The molecule has 0 radical (unpaired) electrons. The summed E-state index contributed by atoms with van der Waals surface area (Å²) in [5, 5.41) is 0. The molecule has 2 nitrogen and oxygen atoms in total. The summed E-state index contributed by atoms with van der Waals surface area (Å²) < 4.78 is 5.69. The molecule has 0 aromatic heterocycles. The van der Waals surface area contributed by atoms with Crippen LogP contribution in [0.3, 0.4) is 0 Å². The highest BCUT2D eigenvalue weighted by molar-refractivity contribution is 5.39. The highest BCUT2D eigenvalue weighted by atomic mass is 16.5. The Hall–Kier alpha value is -1.02. The van der Waals surface area contributed by atoms with E-state index in [9.17, 15) is 0 Å². The lowest BCUT2D eigenvalue weighted by Crippen LogP contribution is -2.11. The molecule has 0 unspecified atom stereocenters. The first-order valence-corrected chi connectivity index (χ1v) is 5.12. The maximum atomic E-state index is 5.69. The third-order valence-corrected chi connectivity index (χ3v) is 2.22. The van der Waals surface area contributed by atoms with Crippen molar-refractivity contribution in [3.8, 4) is 0 Å². The summed E-state index contributed by atoms with van der Waals surface area (Å²) in [6.07, 6.45) is 0.181. The topological polar surface area (TPSA) is 35.2 Å². The van der Waals surface area contributed by atoms with Gasteiger partial charge in [0, 0.05) is 12.3 Å². The number of ether oxygens (including phenoxy) is 1. The average molecular weight is 193 g/mol. The van der Waals surface area contributed by atoms with Crippen molar-refractivity contribution < 1.29 is 4.74 Å². The lowest BCUT2D eigenvalue weighted by atomic mass is 9.99. The number of nitrogen functional groups attached to an aromatic ring is 1. The highest BCUT2D eigenvalue weighted by Crippen LogP contribution is 2.26. The average Bonchev–Trinajstić information content (AvgIpc) is 2.15. The smallest absolute Gasteiger partial charge is 0.0847 e. The number of rotatable bonds is 4. The van der Waals surface area contributed by atoms with Crippen LogP contribution < -0.4 is 5.73 Å². The molecule has 78 valence electrons. The lowest BCUT2D eigenvalue weighted by Gasteiger charge is -2.21. The summed E-state index contributed by atoms with van der Waals surface area (Å²) >= 11 is 0. The molecule has 0 fully saturated rings. The fraction of sp³-hybridized carbons (Fsp3) is 0.500. The molecular weight excluding hydrogens is 174 g/mol. The van der Waals surface area contributed by atoms with Crippen molar-refractivity contribution in [3.05, 3.63) is 29.8 Å². The second kappa shape index (κ2) is 5.01. The highest BCUT2D eigenvalue weighted by Gasteiger charge is 2.15. The molecule has 0 aliphatic carbocycles. The van der Waals surface area contributed by atoms with Gasteiger partial charge >= 0.3 is 0 Å². The quantitative estimate of drug-likeness (QED) is 0.746. The zero-order chi connectivity index (χ0) is 10.6. The Kier molecular flexibility index (Phi) is 3.96. The molecule has 0 saturated heterocycles. The number of nitrogens with two attached hydrogens (primary N) is 1. The fourth-order valence-electron chi connectivity index (χ4n) is 1.54. The van der Waals surface area contributed by atoms with Crippen LogP contribution in [0.25, 0.3) is 0 Å². The molecule has 0 bridgehead atoms. The maximum Gasteiger partial charge on any atom is 0.0847 e. The Morgan fingerprint density at radius 3 is 2.21 bits per heavy atom. The van der Waals surface area contributed by atoms with Gasteiger partial charge in [0.1, 0.15) is 0 Å². The maximum absolute atomic E-state index is 5.69. The molecule has 0 aliphatic heterocycles. The molecule has 1 rings (SSSR count). The van der Waals surface area contributed by atoms with E-state index in [0.717, 1.165) is 12.3 Å². The van der Waals surface area contributed by atoms with Gasteiger partial charge in [0.25, 0.3) is 0 Å². The second-order valence-electron chi connectivity index (χ2n) is 3.79. The van der Waals surface area contributed by atoms with E-state index in [1.165, 1.54) is 5.56 Å². The summed E-state index contributed by atoms with van der Waals surface area (Å²) in [5.74, 6) is 0.485. The van der Waals surface area contributed by atoms with Gasteiger partial charge in [-0.3, -0.25) is 0 Å². The van der Waals surface area contributed by atoms with Crippen molar-refractivity contribution in [2.45, 2.75) is 26.9 Å². The van der Waals surface area contributed by atoms with Gasteiger partial charge in [-0.1, -0.05) is 26.0 Å². The minimum absolute atomic E-state index is 0.181. The van der Waals surface area contributed by atoms with Gasteiger partial charge < -0.3 is 10.5 Å². The van der Waals surface area contributed by atoms with Crippen LogP contribution in [0, 0.1) is 5.92 Å². The molecule has 2 N–H and O–H groups in total. The van der Waals surface area contributed by atoms with Crippen LogP contribution >= 0.6 is 0 Å². The zero-order valence-corrected chi connectivity index (χ0v) is 9.16. The summed E-state index contributed by atoms with van der Waals surface area (Å²) in [6, 6.07) is 7.92. The molecule has 0 aliphatic rings. The van der Waals surface area contributed by atoms with E-state index in [0.29, 0.717) is 5.92 Å². The molecule has 0 amide bonds. The molecule has 1 atom stereocenters. The van der Waals surface area contributed by atoms with Gasteiger partial charge in [0.15, 0.2) is 0 Å². The van der Waals surface area contributed by atoms with Gasteiger partial charge in [-0.05, 0) is 30.5 Å². The predicted octanol–water partition coefficient (Wildman–Crippen LogP) is 3.00. The number of hydrogen-bond acceptors (Lipinski definition) is 2. The second-order valence-corrected chi connectivity index (χ2v) is 3.79. The minimum atomic E-state index is 0.181. The van der Waals surface area contributed by atoms with Crippen molar-refractivity contribution in [1.29, 1.82) is 0 Å². The van der Waals surface area contributed by atoms with Gasteiger partial charge in [-0.25, -0.2) is 0 Å². The summed E-state index contributed by atoms with van der Waals surface area (Å²) in [7, 11) is 0. The SMILES string of the molecule is CCO[C@@H](c1ccc(N)cc1)C(C)C. The third-order valence-electron chi connectivity index (χ3n) is 2.22. The van der Waals surface area contributed by atoms with Crippen molar-refractivity contribution >= 4 is 5.69 Å². The number of anilines is 1. The first-order chi connectivity index (χ1) is 6.65. The Morgan fingerprint density at radius 2 is 1.79 bits per heavy atom. The standard InChI is InChI=1S/C12H19NO/c1-4-14-12(9(2)3)10-5-7-11(13)8-6-10/h5-9,12H,4,13H2,1-3H3/t12-/m1/s1. The molecule has 0 spiro atoms. The number of benzene rings is 1. The Balaban J connectivity index is 2.82. The van der Waals surface area contributed by atoms with Crippen molar-refractivity contribution in [3.63, 3.8) is 0 Å². The largest absolute Gasteiger partial charge is 0.399 e. The lowest BCUT2D eigenvalue weighted by molar-refractivity contribution is 0.0294. The normalized spacial score (nSPS) is 13.1. The van der Waals surface area contributed by atoms with E-state index in [1.807, 2.05) is 31.2 Å². The number of hydrogen-bond donors (Lipinski definition) is 1. The van der Waals surface area contributed by atoms with E-state index < -0.39 is 0 Å². The van der Waals surface area contributed by atoms with Crippen LogP contribution in [0.1, 0.15) is 32.4 Å². The Bertz CT molecular complexity index is 266. The molecule has 1 aromatic rings. The Morgan fingerprint density at radius 1 is 1.21 bits per heavy atom. The van der Waals surface area contributed by atoms with E-state index in [2.05, 4.69) is 13.8 Å². The van der Waals surface area contributed by atoms with Crippen LogP contribution in [0.2, 0.25) is 0 Å². The molecule has 0 saturated carbocycles. The third kappa shape index (κ3) is 2.74. The van der Waals surface area contributed by atoms with E-state index in [-0.39, 0.29) is 6.10 Å². The molecular formula is C12H19NO. The van der Waals surface area contributed by atoms with Crippen molar-refractivity contribution in [1.82, 2.24) is 0 Å². The van der Waals surface area contributed by atoms with Crippen LogP contribution in [0.5, 0.6) is 0 Å². The Labute approximate surface area is 86.1 Å². The summed E-state index contributed by atoms with van der Waals surface area (Å²) in [6.45, 7) is 7.09. The molecule has 2 heteroatoms. The molecule has 1 aromatic carbocycles. The van der Waals surface area contributed by atoms with E-state index >= 15 is 0 Å². The van der Waals surface area contributed by atoms with Crippen molar-refractivity contribution in [2.75, 3.05) is 12.3 Å². The van der Waals surface area contributed by atoms with Gasteiger partial charge in [-0.2, -0.15) is 0 Å². The monoisotopic (exact) mass is 193 g/mol. The molecule has 0 heterocycles. The zero-order valence-electron chi connectivity index (χ0n) is 9.16. The first kappa shape index (κ1) is 11.1. The molecule has 14 heavy (non-hydrogen) atoms.